The first kappa shape index (κ1) is 7.85. The molecular weight excluding hydrogens is 140 g/mol. The van der Waals surface area contributed by atoms with Crippen molar-refractivity contribution in [3.8, 4) is 0 Å². The second-order valence-electron chi connectivity index (χ2n) is 2.19. The third-order valence-electron chi connectivity index (χ3n) is 1.27. The fourth-order valence-corrected chi connectivity index (χ4v) is 0.748. The van der Waals surface area contributed by atoms with E-state index in [9.17, 15) is 0 Å². The molecule has 0 spiro atoms. The molecule has 0 atom stereocenters. The Bertz CT molecular complexity index is 157. The van der Waals surface area contributed by atoms with Crippen molar-refractivity contribution >= 4 is 0 Å². The number of aromatic nitrogens is 1. The Balaban J connectivity index is 0.000000112. The summed E-state index contributed by atoms with van der Waals surface area (Å²) in [5, 5.41) is 6.45. The molecular formula is C8H12N2O. The average molecular weight is 152 g/mol. The number of hydrogen-bond acceptors (Lipinski definition) is 3. The second-order valence-corrected chi connectivity index (χ2v) is 2.19. The van der Waals surface area contributed by atoms with E-state index in [0.717, 1.165) is 6.54 Å². The van der Waals surface area contributed by atoms with Crippen molar-refractivity contribution in [3.63, 3.8) is 0 Å². The number of rotatable bonds is 0. The Morgan fingerprint density at radius 3 is 2.64 bits per heavy atom. The summed E-state index contributed by atoms with van der Waals surface area (Å²) in [5.41, 5.74) is 0. The van der Waals surface area contributed by atoms with Crippen LogP contribution in [0.1, 0.15) is 12.8 Å². The third-order valence-corrected chi connectivity index (χ3v) is 1.27. The van der Waals surface area contributed by atoms with Crippen LogP contribution in [0.2, 0.25) is 0 Å². The fourth-order valence-electron chi connectivity index (χ4n) is 0.748. The smallest absolute Gasteiger partial charge is 0.123 e. The summed E-state index contributed by atoms with van der Waals surface area (Å²) in [4.78, 5) is 0. The van der Waals surface area contributed by atoms with Crippen molar-refractivity contribution in [2.75, 3.05) is 6.54 Å². The van der Waals surface area contributed by atoms with Crippen molar-refractivity contribution in [2.24, 2.45) is 0 Å². The molecule has 3 nitrogen and oxygen atoms in total. The number of nitrogens with one attached hydrogen (secondary N) is 1. The van der Waals surface area contributed by atoms with Crippen LogP contribution in [0.3, 0.4) is 0 Å². The van der Waals surface area contributed by atoms with Gasteiger partial charge in [-0.1, -0.05) is 11.2 Å². The monoisotopic (exact) mass is 152 g/mol. The molecule has 0 bridgehead atoms. The van der Waals surface area contributed by atoms with E-state index in [2.05, 4.69) is 21.1 Å². The van der Waals surface area contributed by atoms with Crippen LogP contribution >= 0.6 is 0 Å². The van der Waals surface area contributed by atoms with Crippen molar-refractivity contribution in [1.82, 2.24) is 10.5 Å². The van der Waals surface area contributed by atoms with Gasteiger partial charge < -0.3 is 9.84 Å². The minimum absolute atomic E-state index is 1.16. The highest BCUT2D eigenvalue weighted by molar-refractivity contribution is 4.83. The van der Waals surface area contributed by atoms with E-state index >= 15 is 0 Å². The van der Waals surface area contributed by atoms with Gasteiger partial charge in [-0.05, 0) is 25.1 Å². The molecule has 0 unspecified atom stereocenters. The van der Waals surface area contributed by atoms with Gasteiger partial charge in [0.05, 0.1) is 6.20 Å². The molecule has 1 aliphatic heterocycles. The summed E-state index contributed by atoms with van der Waals surface area (Å²) in [6, 6.07) is 1.72. The van der Waals surface area contributed by atoms with Crippen LogP contribution in [0.15, 0.2) is 35.3 Å². The molecule has 3 heteroatoms. The minimum Gasteiger partial charge on any atom is -0.391 e. The lowest BCUT2D eigenvalue weighted by Crippen LogP contribution is -2.09. The van der Waals surface area contributed by atoms with E-state index in [1.807, 2.05) is 6.20 Å². The summed E-state index contributed by atoms with van der Waals surface area (Å²) in [5.74, 6) is 0. The molecule has 0 fully saturated rings. The van der Waals surface area contributed by atoms with Gasteiger partial charge in [-0.3, -0.25) is 0 Å². The van der Waals surface area contributed by atoms with Gasteiger partial charge in [0.25, 0.3) is 0 Å². The van der Waals surface area contributed by atoms with E-state index in [1.165, 1.54) is 19.1 Å². The van der Waals surface area contributed by atoms with Gasteiger partial charge in [-0.15, -0.1) is 0 Å². The van der Waals surface area contributed by atoms with E-state index in [1.54, 1.807) is 12.3 Å². The zero-order chi connectivity index (χ0) is 7.78. The zero-order valence-corrected chi connectivity index (χ0v) is 6.36. The Labute approximate surface area is 66.1 Å². The van der Waals surface area contributed by atoms with Crippen LogP contribution in [0.4, 0.5) is 0 Å². The van der Waals surface area contributed by atoms with Crippen LogP contribution in [0.25, 0.3) is 0 Å². The number of hydrogen-bond donors (Lipinski definition) is 1. The molecule has 2 rings (SSSR count). The van der Waals surface area contributed by atoms with Gasteiger partial charge in [-0.2, -0.15) is 0 Å². The molecule has 0 aliphatic carbocycles. The molecule has 2 heterocycles. The lowest BCUT2D eigenvalue weighted by Gasteiger charge is -2.02. The predicted molar refractivity (Wildman–Crippen MR) is 42.9 cm³/mol. The Morgan fingerprint density at radius 2 is 2.45 bits per heavy atom. The molecule has 60 valence electrons. The molecule has 0 saturated heterocycles. The molecule has 1 aromatic rings. The Kier molecular flexibility index (Phi) is 3.95. The second kappa shape index (κ2) is 5.53. The largest absolute Gasteiger partial charge is 0.391 e. The third kappa shape index (κ3) is 4.19. The lowest BCUT2D eigenvalue weighted by atomic mass is 10.2. The van der Waals surface area contributed by atoms with Crippen LogP contribution in [0.5, 0.6) is 0 Å². The highest BCUT2D eigenvalue weighted by Gasteiger charge is 1.84. The van der Waals surface area contributed by atoms with E-state index in [-0.39, 0.29) is 0 Å². The highest BCUT2D eigenvalue weighted by atomic mass is 16.5. The summed E-state index contributed by atoms with van der Waals surface area (Å²) in [6.07, 6.45) is 9.83. The van der Waals surface area contributed by atoms with Crippen LogP contribution in [-0.4, -0.2) is 11.7 Å². The van der Waals surface area contributed by atoms with Crippen molar-refractivity contribution < 1.29 is 4.52 Å². The quantitative estimate of drug-likeness (QED) is 0.613. The maximum absolute atomic E-state index is 4.33. The van der Waals surface area contributed by atoms with Crippen molar-refractivity contribution in [1.29, 1.82) is 0 Å². The number of nitrogens with zero attached hydrogens (tertiary/aromatic N) is 1. The van der Waals surface area contributed by atoms with E-state index in [0.29, 0.717) is 0 Å². The summed E-state index contributed by atoms with van der Waals surface area (Å²) in [7, 11) is 0. The van der Waals surface area contributed by atoms with Gasteiger partial charge in [0.2, 0.25) is 0 Å². The van der Waals surface area contributed by atoms with Crippen LogP contribution < -0.4 is 5.32 Å². The first-order valence-electron chi connectivity index (χ1n) is 3.73. The predicted octanol–water partition coefficient (Wildman–Crippen LogP) is 1.56. The van der Waals surface area contributed by atoms with Gasteiger partial charge >= 0.3 is 0 Å². The number of allylic oxidation sites excluding steroid dienone is 1. The van der Waals surface area contributed by atoms with Gasteiger partial charge in [-0.25, -0.2) is 0 Å². The Hall–Kier alpha value is -1.25. The maximum Gasteiger partial charge on any atom is 0.123 e. The lowest BCUT2D eigenvalue weighted by molar-refractivity contribution is 0.420. The molecule has 11 heavy (non-hydrogen) atoms. The normalized spacial score (nSPS) is 14.5. The summed E-state index contributed by atoms with van der Waals surface area (Å²) >= 11 is 0. The first-order chi connectivity index (χ1) is 5.50. The molecule has 0 amide bonds. The molecule has 1 aliphatic rings. The van der Waals surface area contributed by atoms with E-state index < -0.39 is 0 Å². The molecule has 0 saturated carbocycles. The Morgan fingerprint density at radius 1 is 1.45 bits per heavy atom. The first-order valence-corrected chi connectivity index (χ1v) is 3.73. The summed E-state index contributed by atoms with van der Waals surface area (Å²) < 4.78 is 4.33. The molecule has 0 radical (unpaired) electrons. The highest BCUT2D eigenvalue weighted by Crippen LogP contribution is 1.91. The minimum atomic E-state index is 1.16. The van der Waals surface area contributed by atoms with Crippen LogP contribution in [0, 0.1) is 0 Å². The summed E-state index contributed by atoms with van der Waals surface area (Å²) in [6.45, 7) is 1.16. The molecule has 1 aromatic heterocycles. The zero-order valence-electron chi connectivity index (χ0n) is 6.36. The van der Waals surface area contributed by atoms with Gasteiger partial charge in [0.1, 0.15) is 6.26 Å². The topological polar surface area (TPSA) is 38.1 Å². The van der Waals surface area contributed by atoms with Crippen LogP contribution in [-0.2, 0) is 0 Å². The van der Waals surface area contributed by atoms with Gasteiger partial charge in [0, 0.05) is 6.54 Å². The average Bonchev–Trinajstić information content (AvgIpc) is 2.64. The fraction of sp³-hybridized carbons (Fsp3) is 0.375. The standard InChI is InChI=1S/C5H9N.C3H3NO/c1-2-4-6-5-3-1;1-2-4-5-3-1/h2,4,6H,1,3,5H2;1-3H. The molecule has 0 aromatic carbocycles. The SMILES string of the molecule is C1=CNCCC1.c1cnoc1. The maximum atomic E-state index is 4.33. The van der Waals surface area contributed by atoms with Gasteiger partial charge in [0.15, 0.2) is 0 Å². The van der Waals surface area contributed by atoms with Crippen molar-refractivity contribution in [2.45, 2.75) is 12.8 Å². The van der Waals surface area contributed by atoms with Crippen molar-refractivity contribution in [3.05, 3.63) is 30.8 Å². The molecule has 1 N–H and O–H groups in total. The van der Waals surface area contributed by atoms with E-state index in [4.69, 9.17) is 0 Å².